The van der Waals surface area contributed by atoms with Crippen LogP contribution in [-0.2, 0) is 19.1 Å². The Balaban J connectivity index is 1.30. The first-order chi connectivity index (χ1) is 16.3. The minimum atomic E-state index is -1.58. The normalized spacial score (nSPS) is 26.7. The summed E-state index contributed by atoms with van der Waals surface area (Å²) in [4.78, 5) is 22.8. The van der Waals surface area contributed by atoms with Crippen molar-refractivity contribution in [3.8, 4) is 11.5 Å². The predicted octanol–water partition coefficient (Wildman–Crippen LogP) is 5.36. The van der Waals surface area contributed by atoms with Gasteiger partial charge in [0.2, 0.25) is 0 Å². The van der Waals surface area contributed by atoms with Gasteiger partial charge < -0.3 is 18.9 Å². The third kappa shape index (κ3) is 8.44. The number of hydrogen-bond acceptors (Lipinski definition) is 6. The Hall–Kier alpha value is -2.38. The van der Waals surface area contributed by atoms with Crippen LogP contribution in [0.3, 0.4) is 0 Å². The number of esters is 2. The highest BCUT2D eigenvalue weighted by Gasteiger charge is 2.27. The Morgan fingerprint density at radius 3 is 1.32 bits per heavy atom. The number of rotatable bonds is 10. The van der Waals surface area contributed by atoms with E-state index in [9.17, 15) is 18.4 Å². The summed E-state index contributed by atoms with van der Waals surface area (Å²) in [7, 11) is 0. The largest absolute Gasteiger partial charge is 0.493 e. The molecule has 0 bridgehead atoms. The van der Waals surface area contributed by atoms with Crippen LogP contribution < -0.4 is 9.47 Å². The maximum Gasteiger partial charge on any atom is 0.340 e. The summed E-state index contributed by atoms with van der Waals surface area (Å²) < 4.78 is 48.1. The molecule has 1 aromatic rings. The van der Waals surface area contributed by atoms with E-state index in [2.05, 4.69) is 0 Å². The Morgan fingerprint density at radius 2 is 1.03 bits per heavy atom. The number of hydrogen-bond donors (Lipinski definition) is 0. The molecule has 0 amide bonds. The third-order valence-electron chi connectivity index (χ3n) is 6.60. The molecule has 2 atom stereocenters. The van der Waals surface area contributed by atoms with Crippen molar-refractivity contribution in [3.63, 3.8) is 0 Å². The summed E-state index contributed by atoms with van der Waals surface area (Å²) in [6.07, 6.45) is 2.93. The molecule has 2 aliphatic rings. The van der Waals surface area contributed by atoms with Gasteiger partial charge in [0.05, 0.1) is 13.2 Å². The molecule has 34 heavy (non-hydrogen) atoms. The zero-order chi connectivity index (χ0) is 24.5. The molecule has 0 unspecified atom stereocenters. The molecule has 3 rings (SSSR count). The molecule has 0 aliphatic heterocycles. The number of alkyl halides is 2. The fourth-order valence-corrected chi connectivity index (χ4v) is 4.41. The lowest BCUT2D eigenvalue weighted by Gasteiger charge is -2.28. The lowest BCUT2D eigenvalue weighted by Crippen LogP contribution is -2.29. The van der Waals surface area contributed by atoms with E-state index >= 15 is 0 Å². The summed E-state index contributed by atoms with van der Waals surface area (Å²) in [6, 6.07) is 7.55. The molecule has 0 saturated heterocycles. The van der Waals surface area contributed by atoms with Crippen LogP contribution in [0.5, 0.6) is 11.5 Å². The van der Waals surface area contributed by atoms with Gasteiger partial charge in [0, 0.05) is 0 Å². The molecule has 2 saturated carbocycles. The van der Waals surface area contributed by atoms with E-state index in [0.717, 1.165) is 62.9 Å². The van der Waals surface area contributed by atoms with Crippen molar-refractivity contribution in [2.24, 2.45) is 11.8 Å². The number of halogens is 2. The predicted molar refractivity (Wildman–Crippen MR) is 122 cm³/mol. The van der Waals surface area contributed by atoms with Crippen molar-refractivity contribution in [1.82, 2.24) is 0 Å². The molecular weight excluding hydrogens is 446 g/mol. The standard InChI is InChI=1S/C26H36F2O6/c1-17(27)25(29)33-23-7-3-19(4-8-23)15-31-21-11-13-22(14-12-21)32-16-20-5-9-24(10-6-20)34-26(30)18(2)28/h11-14,17-20,23-24H,3-10,15-16H2,1-2H3/t17-,18-,19-,20-,23-,24-/m1/s1. The highest BCUT2D eigenvalue weighted by molar-refractivity contribution is 5.74. The second-order valence-electron chi connectivity index (χ2n) is 9.48. The summed E-state index contributed by atoms with van der Waals surface area (Å²) in [6.45, 7) is 3.58. The van der Waals surface area contributed by atoms with Crippen LogP contribution in [-0.4, -0.2) is 49.7 Å². The minimum Gasteiger partial charge on any atom is -0.493 e. The Morgan fingerprint density at radius 1 is 0.706 bits per heavy atom. The molecule has 1 aromatic carbocycles. The maximum atomic E-state index is 13.0. The van der Waals surface area contributed by atoms with Crippen molar-refractivity contribution in [1.29, 1.82) is 0 Å². The first kappa shape index (κ1) is 26.2. The summed E-state index contributed by atoms with van der Waals surface area (Å²) >= 11 is 0. The molecule has 8 heteroatoms. The Kier molecular flexibility index (Phi) is 9.96. The molecule has 190 valence electrons. The van der Waals surface area contributed by atoms with Crippen molar-refractivity contribution in [2.45, 2.75) is 89.8 Å². The maximum absolute atomic E-state index is 13.0. The zero-order valence-electron chi connectivity index (χ0n) is 20.0. The van der Waals surface area contributed by atoms with E-state index in [-0.39, 0.29) is 12.2 Å². The average Bonchev–Trinajstić information content (AvgIpc) is 2.83. The summed E-state index contributed by atoms with van der Waals surface area (Å²) in [5.74, 6) is 0.771. The number of benzene rings is 1. The second-order valence-corrected chi connectivity index (χ2v) is 9.48. The van der Waals surface area contributed by atoms with Gasteiger partial charge in [0.15, 0.2) is 12.3 Å². The van der Waals surface area contributed by atoms with Crippen LogP contribution in [0.2, 0.25) is 0 Å². The van der Waals surface area contributed by atoms with E-state index in [0.29, 0.717) is 25.0 Å². The fourth-order valence-electron chi connectivity index (χ4n) is 4.41. The Labute approximate surface area is 200 Å². The molecule has 0 heterocycles. The Bertz CT molecular complexity index is 701. The van der Waals surface area contributed by atoms with Gasteiger partial charge >= 0.3 is 11.9 Å². The van der Waals surface area contributed by atoms with Crippen LogP contribution in [0, 0.1) is 11.8 Å². The van der Waals surface area contributed by atoms with Crippen molar-refractivity contribution in [2.75, 3.05) is 13.2 Å². The van der Waals surface area contributed by atoms with Crippen LogP contribution >= 0.6 is 0 Å². The number of ether oxygens (including phenoxy) is 4. The first-order valence-electron chi connectivity index (χ1n) is 12.3. The quantitative estimate of drug-likeness (QED) is 0.418. The van der Waals surface area contributed by atoms with Gasteiger partial charge in [-0.1, -0.05) is 0 Å². The van der Waals surface area contributed by atoms with Gasteiger partial charge in [0.1, 0.15) is 23.7 Å². The minimum absolute atomic E-state index is 0.192. The average molecular weight is 483 g/mol. The highest BCUT2D eigenvalue weighted by atomic mass is 19.1. The molecule has 0 aromatic heterocycles. The lowest BCUT2D eigenvalue weighted by atomic mass is 9.88. The monoisotopic (exact) mass is 482 g/mol. The topological polar surface area (TPSA) is 71.1 Å². The van der Waals surface area contributed by atoms with Gasteiger partial charge in [-0.05, 0) is 101 Å². The van der Waals surface area contributed by atoms with E-state index in [1.165, 1.54) is 13.8 Å². The number of carbonyl (C=O) groups excluding carboxylic acids is 2. The molecule has 0 spiro atoms. The lowest BCUT2D eigenvalue weighted by molar-refractivity contribution is -0.157. The van der Waals surface area contributed by atoms with Gasteiger partial charge in [0.25, 0.3) is 0 Å². The third-order valence-corrected chi connectivity index (χ3v) is 6.60. The summed E-state index contributed by atoms with van der Waals surface area (Å²) in [5.41, 5.74) is 0. The van der Waals surface area contributed by atoms with Crippen LogP contribution in [0.4, 0.5) is 8.78 Å². The van der Waals surface area contributed by atoms with Gasteiger partial charge in [-0.2, -0.15) is 0 Å². The fraction of sp³-hybridized carbons (Fsp3) is 0.692. The van der Waals surface area contributed by atoms with Crippen molar-refractivity contribution in [3.05, 3.63) is 24.3 Å². The van der Waals surface area contributed by atoms with E-state index in [1.54, 1.807) is 0 Å². The highest BCUT2D eigenvalue weighted by Crippen LogP contribution is 2.29. The van der Waals surface area contributed by atoms with E-state index in [4.69, 9.17) is 18.9 Å². The second kappa shape index (κ2) is 12.9. The zero-order valence-corrected chi connectivity index (χ0v) is 20.0. The van der Waals surface area contributed by atoms with Gasteiger partial charge in [-0.3, -0.25) is 0 Å². The van der Waals surface area contributed by atoms with E-state index < -0.39 is 24.3 Å². The molecule has 2 fully saturated rings. The summed E-state index contributed by atoms with van der Waals surface area (Å²) in [5, 5.41) is 0. The van der Waals surface area contributed by atoms with Crippen LogP contribution in [0.25, 0.3) is 0 Å². The molecule has 6 nitrogen and oxygen atoms in total. The van der Waals surface area contributed by atoms with E-state index in [1.807, 2.05) is 24.3 Å². The number of carbonyl (C=O) groups is 2. The molecule has 0 N–H and O–H groups in total. The van der Waals surface area contributed by atoms with Crippen LogP contribution in [0.1, 0.15) is 65.2 Å². The smallest absolute Gasteiger partial charge is 0.340 e. The molecule has 2 aliphatic carbocycles. The molecule has 0 radical (unpaired) electrons. The first-order valence-corrected chi connectivity index (χ1v) is 12.3. The van der Waals surface area contributed by atoms with Crippen LogP contribution in [0.15, 0.2) is 24.3 Å². The van der Waals surface area contributed by atoms with Crippen molar-refractivity contribution < 1.29 is 37.3 Å². The van der Waals surface area contributed by atoms with Gasteiger partial charge in [-0.25, -0.2) is 18.4 Å². The van der Waals surface area contributed by atoms with Crippen molar-refractivity contribution >= 4 is 11.9 Å². The SMILES string of the molecule is C[C@@H](F)C(=O)O[C@H]1CC[C@H](COc2ccc(OC[C@H]3CC[C@H](OC(=O)[C@@H](C)F)CC3)cc2)CC1. The molecular formula is C26H36F2O6. The van der Waals surface area contributed by atoms with Gasteiger partial charge in [-0.15, -0.1) is 0 Å².